The fourth-order valence-electron chi connectivity index (χ4n) is 8.70. The molecule has 1 heterocycles. The van der Waals surface area contributed by atoms with Crippen molar-refractivity contribution in [3.05, 3.63) is 59.7 Å². The van der Waals surface area contributed by atoms with Crippen LogP contribution in [0.4, 0.5) is 4.79 Å². The molecular weight excluding hydrogens is 1130 g/mol. The lowest BCUT2D eigenvalue weighted by Gasteiger charge is -2.28. The number of urea groups is 1. The smallest absolute Gasteiger partial charge is 0.321 e. The second-order valence-corrected chi connectivity index (χ2v) is 21.1. The number of primary amides is 1. The fourth-order valence-corrected chi connectivity index (χ4v) is 8.70. The third kappa shape index (κ3) is 29.2. The van der Waals surface area contributed by atoms with Crippen molar-refractivity contribution in [3.8, 4) is 11.5 Å². The highest BCUT2D eigenvalue weighted by Crippen LogP contribution is 2.16. The number of guanidine groups is 3. The molecule has 0 spiro atoms. The number of benzene rings is 2. The maximum atomic E-state index is 14.8. The number of phenolic OH excluding ortho intramolecular Hbond substituents is 2. The molecule has 2 aromatic carbocycles. The van der Waals surface area contributed by atoms with Crippen molar-refractivity contribution in [2.75, 3.05) is 39.3 Å². The van der Waals surface area contributed by atoms with Gasteiger partial charge in [0.2, 0.25) is 53.2 Å². The zero-order valence-electron chi connectivity index (χ0n) is 49.2. The Morgan fingerprint density at radius 3 is 1.89 bits per heavy atom. The van der Waals surface area contributed by atoms with Gasteiger partial charge in [-0.1, -0.05) is 38.1 Å². The standard InChI is InChI=1S/C55H88N20O12/c1-31(2)27-40(50(85)70-37(10-7-25-65-53(60)61)48(83)72-39(45(57)80)28-32-13-17-34(76)18-14-32)73-49(84)38-11-8-26-66-54(62)75-55(87)67-23-4-3-22-63-46(81)42(69-43(78)12-5-21-56)30-44(79)68-36(9-6-24-64-52(58)59)47(82)74-41(51(86)71-38)29-33-15-19-35(77)20-16-33/h13-20,31,36-42,76-77H,3-12,21-30,56H2,1-2H3,(H2,57,80)(H,63,81)(H,68,79)(H,69,78)(H,70,85)(H,71,86)(H,72,83)(H,73,84)(H,74,82)(H4,58,59,64)(H4,60,61,65)(H4,62,66,67,75,87)/t36-,37-,38-,39-,40-,41-,42+/m0/s1. The third-order valence-corrected chi connectivity index (χ3v) is 13.2. The van der Waals surface area contributed by atoms with E-state index in [1.165, 1.54) is 48.5 Å². The molecule has 1 aliphatic heterocycles. The van der Waals surface area contributed by atoms with E-state index in [1.807, 2.05) is 0 Å². The first-order valence-electron chi connectivity index (χ1n) is 28.7. The summed E-state index contributed by atoms with van der Waals surface area (Å²) in [6, 6.07) is 0.923. The van der Waals surface area contributed by atoms with Gasteiger partial charge in [0, 0.05) is 52.0 Å². The summed E-state index contributed by atoms with van der Waals surface area (Å²) in [5.74, 6) is -8.63. The Hall–Kier alpha value is -9.49. The summed E-state index contributed by atoms with van der Waals surface area (Å²) in [4.78, 5) is 150. The lowest BCUT2D eigenvalue weighted by atomic mass is 10.00. The molecule has 0 saturated heterocycles. The van der Waals surface area contributed by atoms with Crippen LogP contribution in [0.15, 0.2) is 63.5 Å². The molecule has 0 radical (unpaired) electrons. The van der Waals surface area contributed by atoms with Gasteiger partial charge in [0.1, 0.15) is 53.8 Å². The fraction of sp³-hybridized carbons (Fsp3) is 0.545. The molecule has 0 saturated carbocycles. The van der Waals surface area contributed by atoms with Crippen LogP contribution in [0, 0.1) is 5.92 Å². The maximum Gasteiger partial charge on any atom is 0.321 e. The highest BCUT2D eigenvalue weighted by Gasteiger charge is 2.35. The van der Waals surface area contributed by atoms with E-state index < -0.39 is 108 Å². The third-order valence-electron chi connectivity index (χ3n) is 13.2. The molecule has 0 bridgehead atoms. The summed E-state index contributed by atoms with van der Waals surface area (Å²) in [7, 11) is 0. The van der Waals surface area contributed by atoms with E-state index in [9.17, 15) is 58.2 Å². The number of carbonyl (C=O) groups is 10. The van der Waals surface area contributed by atoms with E-state index in [-0.39, 0.29) is 145 Å². The van der Waals surface area contributed by atoms with Crippen LogP contribution in [0.3, 0.4) is 0 Å². The van der Waals surface area contributed by atoms with E-state index in [0.29, 0.717) is 24.0 Å². The van der Waals surface area contributed by atoms with Gasteiger partial charge in [-0.05, 0) is 112 Å². The molecule has 480 valence electrons. The van der Waals surface area contributed by atoms with Gasteiger partial charge in [-0.2, -0.15) is 0 Å². The summed E-state index contributed by atoms with van der Waals surface area (Å²) in [5.41, 5.74) is 40.4. The normalized spacial score (nSPS) is 18.9. The van der Waals surface area contributed by atoms with Crippen molar-refractivity contribution in [2.24, 2.45) is 61.0 Å². The topological polar surface area (TPSA) is 551 Å². The van der Waals surface area contributed by atoms with Crippen LogP contribution in [0.25, 0.3) is 0 Å². The molecule has 3 rings (SSSR count). The number of nitrogens with zero attached hydrogens (tertiary/aromatic N) is 3. The molecule has 32 nitrogen and oxygen atoms in total. The van der Waals surface area contributed by atoms with Gasteiger partial charge in [0.25, 0.3) is 0 Å². The first-order chi connectivity index (χ1) is 41.3. The quantitative estimate of drug-likeness (QED) is 0.0252. The van der Waals surface area contributed by atoms with Crippen LogP contribution in [-0.2, 0) is 56.0 Å². The van der Waals surface area contributed by atoms with E-state index in [4.69, 9.17) is 40.1 Å². The second-order valence-electron chi connectivity index (χ2n) is 21.1. The Morgan fingerprint density at radius 1 is 0.690 bits per heavy atom. The van der Waals surface area contributed by atoms with Gasteiger partial charge in [0.05, 0.1) is 6.42 Å². The summed E-state index contributed by atoms with van der Waals surface area (Å²) in [5, 5.41) is 46.1. The average Bonchev–Trinajstić information content (AvgIpc) is 3.50. The first kappa shape index (κ1) is 71.8. The van der Waals surface area contributed by atoms with Gasteiger partial charge in [-0.3, -0.25) is 63.4 Å². The number of amides is 11. The lowest BCUT2D eigenvalue weighted by molar-refractivity contribution is -0.136. The summed E-state index contributed by atoms with van der Waals surface area (Å²) >= 11 is 0. The monoisotopic (exact) mass is 1220 g/mol. The minimum atomic E-state index is -1.54. The van der Waals surface area contributed by atoms with Crippen LogP contribution < -0.4 is 93.3 Å². The molecular formula is C55H88N20O12. The molecule has 2 aromatic rings. The number of aliphatic imine (C=N–C) groups is 3. The number of hydrogen-bond acceptors (Lipinski definition) is 17. The van der Waals surface area contributed by atoms with E-state index in [1.54, 1.807) is 13.8 Å². The molecule has 0 aliphatic carbocycles. The van der Waals surface area contributed by atoms with Crippen molar-refractivity contribution >= 4 is 77.1 Å². The van der Waals surface area contributed by atoms with Gasteiger partial charge in [0.15, 0.2) is 17.9 Å². The number of hydrogen-bond donors (Lipinski definition) is 19. The first-order valence-corrected chi connectivity index (χ1v) is 28.7. The van der Waals surface area contributed by atoms with Gasteiger partial charge >= 0.3 is 6.03 Å². The van der Waals surface area contributed by atoms with Crippen molar-refractivity contribution in [3.63, 3.8) is 0 Å². The predicted molar refractivity (Wildman–Crippen MR) is 323 cm³/mol. The summed E-state index contributed by atoms with van der Waals surface area (Å²) in [6.07, 6.45) is -0.140. The highest BCUT2D eigenvalue weighted by molar-refractivity contribution is 5.98. The number of rotatable bonds is 25. The number of aromatic hydroxyl groups is 2. The van der Waals surface area contributed by atoms with Crippen LogP contribution in [0.5, 0.6) is 11.5 Å². The van der Waals surface area contributed by atoms with Crippen molar-refractivity contribution in [1.29, 1.82) is 0 Å². The lowest BCUT2D eigenvalue weighted by Crippen LogP contribution is -2.60. The SMILES string of the molecule is CC(C)C[C@H](NC(=O)[C@@H]1CCCN=C(N)NC(=O)NCCCCNC(=O)[C@H](NC(=O)CCCN)CC(=O)N[C@@H](CCCN=C(N)N)C(=O)N[C@@H](Cc2ccc(O)cc2)C(=O)N1)C(=O)N[C@@H](CCCN=C(N)N)C(=O)N[C@@H](Cc1ccc(O)cc1)C(N)=O. The Balaban J connectivity index is 2.10. The van der Waals surface area contributed by atoms with Crippen molar-refractivity contribution in [2.45, 2.75) is 146 Å². The van der Waals surface area contributed by atoms with E-state index in [0.717, 1.165) is 0 Å². The maximum absolute atomic E-state index is 14.8. The number of nitrogens with two attached hydrogens (primary N) is 7. The average molecular weight is 1220 g/mol. The zero-order valence-corrected chi connectivity index (χ0v) is 49.2. The predicted octanol–water partition coefficient (Wildman–Crippen LogP) is -4.65. The molecule has 26 N–H and O–H groups in total. The van der Waals surface area contributed by atoms with Crippen LogP contribution in [-0.4, -0.2) is 169 Å². The minimum Gasteiger partial charge on any atom is -0.508 e. The van der Waals surface area contributed by atoms with Crippen molar-refractivity contribution in [1.82, 2.24) is 53.2 Å². The highest BCUT2D eigenvalue weighted by atomic mass is 16.3. The largest absolute Gasteiger partial charge is 0.508 e. The molecule has 7 atom stereocenters. The second kappa shape index (κ2) is 38.5. The zero-order chi connectivity index (χ0) is 64.4. The molecule has 11 amide bonds. The Kier molecular flexibility index (Phi) is 31.7. The number of carbonyl (C=O) groups excluding carboxylic acids is 10. The Morgan fingerprint density at radius 2 is 1.28 bits per heavy atom. The minimum absolute atomic E-state index is 0.00874. The molecule has 0 aromatic heterocycles. The number of nitrogens with one attached hydrogen (secondary N) is 10. The van der Waals surface area contributed by atoms with Gasteiger partial charge in [-0.25, -0.2) is 4.79 Å². The summed E-state index contributed by atoms with van der Waals surface area (Å²) < 4.78 is 0. The Labute approximate surface area is 504 Å². The van der Waals surface area contributed by atoms with E-state index >= 15 is 0 Å². The van der Waals surface area contributed by atoms with E-state index in [2.05, 4.69) is 68.1 Å². The molecule has 32 heteroatoms. The molecule has 0 fully saturated rings. The molecule has 0 unspecified atom stereocenters. The molecule has 87 heavy (non-hydrogen) atoms. The number of phenols is 2. The van der Waals surface area contributed by atoms with Gasteiger partial charge < -0.3 is 98.2 Å². The Bertz CT molecular complexity index is 2700. The summed E-state index contributed by atoms with van der Waals surface area (Å²) in [6.45, 7) is 3.87. The van der Waals surface area contributed by atoms with Crippen molar-refractivity contribution < 1.29 is 58.2 Å². The van der Waals surface area contributed by atoms with Crippen LogP contribution >= 0.6 is 0 Å². The molecule has 1 aliphatic rings. The van der Waals surface area contributed by atoms with Crippen LogP contribution in [0.1, 0.15) is 102 Å². The van der Waals surface area contributed by atoms with Gasteiger partial charge in [-0.15, -0.1) is 0 Å². The van der Waals surface area contributed by atoms with Crippen LogP contribution in [0.2, 0.25) is 0 Å².